The van der Waals surface area contributed by atoms with Crippen LogP contribution in [0.5, 0.6) is 0 Å². The Hall–Kier alpha value is -3.51. The third kappa shape index (κ3) is 9.55. The van der Waals surface area contributed by atoms with Gasteiger partial charge in [-0.15, -0.1) is 0 Å². The van der Waals surface area contributed by atoms with Crippen LogP contribution >= 0.6 is 0 Å². The van der Waals surface area contributed by atoms with Crippen LogP contribution in [-0.2, 0) is 30.4 Å². The van der Waals surface area contributed by atoms with E-state index in [4.69, 9.17) is 11.5 Å². The second kappa shape index (κ2) is 13.9. The predicted molar refractivity (Wildman–Crippen MR) is 122 cm³/mol. The molecular formula is C22H33N5O7. The highest BCUT2D eigenvalue weighted by molar-refractivity contribution is 5.94. The van der Waals surface area contributed by atoms with Crippen molar-refractivity contribution in [3.05, 3.63) is 35.9 Å². The zero-order valence-corrected chi connectivity index (χ0v) is 19.2. The van der Waals surface area contributed by atoms with Crippen molar-refractivity contribution in [1.29, 1.82) is 0 Å². The Bertz CT molecular complexity index is 862. The van der Waals surface area contributed by atoms with Crippen molar-refractivity contribution in [3.63, 3.8) is 0 Å². The summed E-state index contributed by atoms with van der Waals surface area (Å²) in [6, 6.07) is 3.97. The lowest BCUT2D eigenvalue weighted by Gasteiger charge is -2.25. The van der Waals surface area contributed by atoms with Gasteiger partial charge < -0.3 is 37.6 Å². The molecule has 0 bridgehead atoms. The highest BCUT2D eigenvalue weighted by Crippen LogP contribution is 2.05. The maximum atomic E-state index is 12.8. The summed E-state index contributed by atoms with van der Waals surface area (Å²) in [6.45, 7) is 2.34. The van der Waals surface area contributed by atoms with Crippen molar-refractivity contribution in [3.8, 4) is 0 Å². The zero-order chi connectivity index (χ0) is 25.8. The number of carbonyl (C=O) groups excluding carboxylic acids is 4. The summed E-state index contributed by atoms with van der Waals surface area (Å²) in [7, 11) is 0. The van der Waals surface area contributed by atoms with Gasteiger partial charge in [0.1, 0.15) is 18.1 Å². The standard InChI is InChI=1S/C22H33N5O7/c1-12(2)18(22(33)34)27-21(32)16(11-28)26-20(31)15(8-9-17(24)29)25-19(30)14(23)10-13-6-4-3-5-7-13/h3-7,12,14-16,18,28H,8-11,23H2,1-2H3,(H2,24,29)(H,25,30)(H,26,31)(H,27,32)(H,33,34). The van der Waals surface area contributed by atoms with Gasteiger partial charge in [0.05, 0.1) is 12.6 Å². The molecule has 9 N–H and O–H groups in total. The van der Waals surface area contributed by atoms with E-state index in [1.165, 1.54) is 0 Å². The Labute approximate surface area is 197 Å². The first kappa shape index (κ1) is 28.5. The maximum absolute atomic E-state index is 12.8. The minimum Gasteiger partial charge on any atom is -0.480 e. The number of hydrogen-bond donors (Lipinski definition) is 7. The van der Waals surface area contributed by atoms with E-state index in [2.05, 4.69) is 16.0 Å². The number of nitrogens with two attached hydrogens (primary N) is 2. The molecule has 0 aliphatic heterocycles. The number of primary amides is 1. The number of aliphatic carboxylic acids is 1. The molecule has 0 saturated carbocycles. The SMILES string of the molecule is CC(C)C(NC(=O)C(CO)NC(=O)C(CCC(N)=O)NC(=O)C(N)Cc1ccccc1)C(=O)O. The number of carboxylic acids is 1. The number of aliphatic hydroxyl groups excluding tert-OH is 1. The van der Waals surface area contributed by atoms with Crippen molar-refractivity contribution in [2.75, 3.05) is 6.61 Å². The van der Waals surface area contributed by atoms with E-state index in [0.717, 1.165) is 5.56 Å². The molecule has 0 aromatic heterocycles. The molecule has 0 saturated heterocycles. The topological polar surface area (TPSA) is 214 Å². The van der Waals surface area contributed by atoms with Crippen LogP contribution in [-0.4, -0.2) is 70.6 Å². The third-order valence-electron chi connectivity index (χ3n) is 4.99. The van der Waals surface area contributed by atoms with Crippen LogP contribution < -0.4 is 27.4 Å². The van der Waals surface area contributed by atoms with Crippen LogP contribution in [0.3, 0.4) is 0 Å². The van der Waals surface area contributed by atoms with Crippen molar-refractivity contribution in [1.82, 2.24) is 16.0 Å². The molecular weight excluding hydrogens is 446 g/mol. The summed E-state index contributed by atoms with van der Waals surface area (Å²) < 4.78 is 0. The summed E-state index contributed by atoms with van der Waals surface area (Å²) in [5, 5.41) is 25.8. The Morgan fingerprint density at radius 1 is 0.912 bits per heavy atom. The van der Waals surface area contributed by atoms with Crippen LogP contribution in [0.2, 0.25) is 0 Å². The summed E-state index contributed by atoms with van der Waals surface area (Å²) in [4.78, 5) is 60.3. The lowest BCUT2D eigenvalue weighted by molar-refractivity contribution is -0.143. The van der Waals surface area contributed by atoms with Gasteiger partial charge in [-0.2, -0.15) is 0 Å². The van der Waals surface area contributed by atoms with Crippen molar-refractivity contribution >= 4 is 29.6 Å². The number of carbonyl (C=O) groups is 5. The number of benzene rings is 1. The van der Waals surface area contributed by atoms with Gasteiger partial charge in [0.25, 0.3) is 0 Å². The molecule has 34 heavy (non-hydrogen) atoms. The molecule has 12 nitrogen and oxygen atoms in total. The second-order valence-electron chi connectivity index (χ2n) is 8.17. The van der Waals surface area contributed by atoms with Gasteiger partial charge in [-0.1, -0.05) is 44.2 Å². The highest BCUT2D eigenvalue weighted by Gasteiger charge is 2.31. The number of hydrogen-bond acceptors (Lipinski definition) is 7. The van der Waals surface area contributed by atoms with E-state index < -0.39 is 66.3 Å². The van der Waals surface area contributed by atoms with Gasteiger partial charge in [-0.3, -0.25) is 19.2 Å². The van der Waals surface area contributed by atoms with Crippen LogP contribution in [0.1, 0.15) is 32.3 Å². The monoisotopic (exact) mass is 479 g/mol. The number of nitrogens with one attached hydrogen (secondary N) is 3. The van der Waals surface area contributed by atoms with Gasteiger partial charge in [-0.05, 0) is 24.3 Å². The molecule has 12 heteroatoms. The van der Waals surface area contributed by atoms with Crippen molar-refractivity contribution < 1.29 is 34.2 Å². The number of carboxylic acid groups (broad SMARTS) is 1. The average molecular weight is 480 g/mol. The Kier molecular flexibility index (Phi) is 11.7. The molecule has 1 aromatic carbocycles. The van der Waals surface area contributed by atoms with Crippen LogP contribution in [0, 0.1) is 5.92 Å². The van der Waals surface area contributed by atoms with E-state index in [-0.39, 0.29) is 19.3 Å². The van der Waals surface area contributed by atoms with Gasteiger partial charge in [-0.25, -0.2) is 4.79 Å². The van der Waals surface area contributed by atoms with Gasteiger partial charge in [0.15, 0.2) is 0 Å². The predicted octanol–water partition coefficient (Wildman–Crippen LogP) is -1.99. The molecule has 0 fully saturated rings. The van der Waals surface area contributed by atoms with Gasteiger partial charge in [0, 0.05) is 6.42 Å². The number of rotatable bonds is 14. The molecule has 0 radical (unpaired) electrons. The summed E-state index contributed by atoms with van der Waals surface area (Å²) in [5.41, 5.74) is 11.9. The van der Waals surface area contributed by atoms with E-state index in [1.54, 1.807) is 38.1 Å². The first-order chi connectivity index (χ1) is 16.0. The van der Waals surface area contributed by atoms with Crippen LogP contribution in [0.25, 0.3) is 0 Å². The largest absolute Gasteiger partial charge is 0.480 e. The number of aliphatic hydroxyl groups is 1. The molecule has 1 rings (SSSR count). The summed E-state index contributed by atoms with van der Waals surface area (Å²) in [6.07, 6.45) is -0.213. The fraction of sp³-hybridized carbons (Fsp3) is 0.500. The van der Waals surface area contributed by atoms with E-state index in [0.29, 0.717) is 0 Å². The van der Waals surface area contributed by atoms with Gasteiger partial charge in [0.2, 0.25) is 23.6 Å². The van der Waals surface area contributed by atoms with E-state index in [9.17, 15) is 34.2 Å². The van der Waals surface area contributed by atoms with Crippen LogP contribution in [0.4, 0.5) is 0 Å². The summed E-state index contributed by atoms with van der Waals surface area (Å²) in [5.74, 6) is -4.89. The Balaban J connectivity index is 2.88. The van der Waals surface area contributed by atoms with Gasteiger partial charge >= 0.3 is 5.97 Å². The molecule has 4 amide bonds. The van der Waals surface area contributed by atoms with E-state index in [1.807, 2.05) is 6.07 Å². The van der Waals surface area contributed by atoms with Crippen LogP contribution in [0.15, 0.2) is 30.3 Å². The lowest BCUT2D eigenvalue weighted by atomic mass is 10.0. The fourth-order valence-corrected chi connectivity index (χ4v) is 3.03. The lowest BCUT2D eigenvalue weighted by Crippen LogP contribution is -2.58. The molecule has 4 unspecified atom stereocenters. The average Bonchev–Trinajstić information content (AvgIpc) is 2.77. The molecule has 0 heterocycles. The molecule has 4 atom stereocenters. The second-order valence-corrected chi connectivity index (χ2v) is 8.17. The molecule has 1 aromatic rings. The molecule has 0 spiro atoms. The Morgan fingerprint density at radius 3 is 1.97 bits per heavy atom. The first-order valence-electron chi connectivity index (χ1n) is 10.8. The van der Waals surface area contributed by atoms with Crippen molar-refractivity contribution in [2.24, 2.45) is 17.4 Å². The zero-order valence-electron chi connectivity index (χ0n) is 19.2. The maximum Gasteiger partial charge on any atom is 0.326 e. The van der Waals surface area contributed by atoms with E-state index >= 15 is 0 Å². The molecule has 188 valence electrons. The molecule has 0 aliphatic rings. The smallest absolute Gasteiger partial charge is 0.326 e. The third-order valence-corrected chi connectivity index (χ3v) is 4.99. The molecule has 0 aliphatic carbocycles. The Morgan fingerprint density at radius 2 is 1.47 bits per heavy atom. The number of amides is 4. The minimum atomic E-state index is -1.49. The first-order valence-corrected chi connectivity index (χ1v) is 10.8. The fourth-order valence-electron chi connectivity index (χ4n) is 3.03. The highest BCUT2D eigenvalue weighted by atomic mass is 16.4. The minimum absolute atomic E-state index is 0.172. The normalized spacial score (nSPS) is 14.4. The van der Waals surface area contributed by atoms with Crippen molar-refractivity contribution in [2.45, 2.75) is 57.3 Å². The summed E-state index contributed by atoms with van der Waals surface area (Å²) >= 11 is 0. The quantitative estimate of drug-likeness (QED) is 0.158.